The minimum atomic E-state index is 0.856. The third-order valence-corrected chi connectivity index (χ3v) is 3.36. The van der Waals surface area contributed by atoms with Gasteiger partial charge in [0.15, 0.2) is 0 Å². The summed E-state index contributed by atoms with van der Waals surface area (Å²) in [6, 6.07) is 10.1. The molecule has 2 rings (SSSR count). The minimum Gasteiger partial charge on any atom is -0.496 e. The van der Waals surface area contributed by atoms with E-state index in [4.69, 9.17) is 4.74 Å². The molecule has 0 fully saturated rings. The highest BCUT2D eigenvalue weighted by atomic mass is 16.5. The maximum Gasteiger partial charge on any atom is 0.126 e. The first-order valence-corrected chi connectivity index (χ1v) is 6.66. The molecule has 2 aromatic carbocycles. The van der Waals surface area contributed by atoms with Crippen molar-refractivity contribution in [2.45, 2.75) is 27.7 Å². The molecular formula is C17H20N2O. The van der Waals surface area contributed by atoms with E-state index in [2.05, 4.69) is 23.2 Å². The molecule has 0 N–H and O–H groups in total. The summed E-state index contributed by atoms with van der Waals surface area (Å²) in [6.45, 7) is 8.16. The van der Waals surface area contributed by atoms with Crippen molar-refractivity contribution in [1.82, 2.24) is 0 Å². The fraction of sp³-hybridized carbons (Fsp3) is 0.294. The maximum absolute atomic E-state index is 5.44. The molecular weight excluding hydrogens is 248 g/mol. The minimum absolute atomic E-state index is 0.856. The van der Waals surface area contributed by atoms with E-state index < -0.39 is 0 Å². The van der Waals surface area contributed by atoms with Gasteiger partial charge in [-0.1, -0.05) is 23.8 Å². The van der Waals surface area contributed by atoms with Crippen molar-refractivity contribution in [3.63, 3.8) is 0 Å². The lowest BCUT2D eigenvalue weighted by atomic mass is 10.0. The van der Waals surface area contributed by atoms with Crippen molar-refractivity contribution in [3.8, 4) is 5.75 Å². The van der Waals surface area contributed by atoms with Crippen LogP contribution >= 0.6 is 0 Å². The third kappa shape index (κ3) is 2.87. The molecule has 0 aliphatic heterocycles. The molecule has 20 heavy (non-hydrogen) atoms. The predicted octanol–water partition coefficient (Wildman–Crippen LogP) is 5.34. The van der Waals surface area contributed by atoms with Crippen molar-refractivity contribution in [2.24, 2.45) is 10.2 Å². The number of nitrogens with zero attached hydrogens (tertiary/aromatic N) is 2. The molecule has 0 heterocycles. The highest BCUT2D eigenvalue weighted by molar-refractivity contribution is 5.61. The maximum atomic E-state index is 5.44. The zero-order chi connectivity index (χ0) is 14.7. The molecule has 0 aromatic heterocycles. The van der Waals surface area contributed by atoms with Crippen molar-refractivity contribution in [2.75, 3.05) is 7.11 Å². The van der Waals surface area contributed by atoms with Gasteiger partial charge in [-0.05, 0) is 51.0 Å². The van der Waals surface area contributed by atoms with E-state index in [1.807, 2.05) is 45.0 Å². The van der Waals surface area contributed by atoms with Gasteiger partial charge in [0.05, 0.1) is 18.5 Å². The number of methoxy groups -OCH3 is 1. The second kappa shape index (κ2) is 5.87. The first kappa shape index (κ1) is 14.3. The van der Waals surface area contributed by atoms with Crippen LogP contribution in [0.25, 0.3) is 0 Å². The Bertz CT molecular complexity index is 643. The fourth-order valence-electron chi connectivity index (χ4n) is 2.34. The second-order valence-electron chi connectivity index (χ2n) is 5.05. The first-order chi connectivity index (χ1) is 9.52. The van der Waals surface area contributed by atoms with E-state index in [0.29, 0.717) is 0 Å². The SMILES string of the molecule is COc1c(C)cc(C)c(N=Nc2ccc(C)cc2)c1C. The molecule has 0 atom stereocenters. The van der Waals surface area contributed by atoms with E-state index in [-0.39, 0.29) is 0 Å². The number of benzene rings is 2. The summed E-state index contributed by atoms with van der Waals surface area (Å²) in [5.74, 6) is 0.883. The zero-order valence-corrected chi connectivity index (χ0v) is 12.7. The third-order valence-electron chi connectivity index (χ3n) is 3.36. The molecule has 0 saturated heterocycles. The van der Waals surface area contributed by atoms with Crippen molar-refractivity contribution >= 4 is 11.4 Å². The summed E-state index contributed by atoms with van der Waals surface area (Å²) < 4.78 is 5.44. The molecule has 0 amide bonds. The van der Waals surface area contributed by atoms with Crippen LogP contribution in [0.4, 0.5) is 11.4 Å². The molecule has 0 spiro atoms. The number of aryl methyl sites for hydroxylation is 3. The lowest BCUT2D eigenvalue weighted by Gasteiger charge is -2.12. The van der Waals surface area contributed by atoms with Gasteiger partial charge in [-0.2, -0.15) is 5.11 Å². The van der Waals surface area contributed by atoms with E-state index in [9.17, 15) is 0 Å². The number of azo groups is 1. The summed E-state index contributed by atoms with van der Waals surface area (Å²) in [6.07, 6.45) is 0. The van der Waals surface area contributed by atoms with Gasteiger partial charge in [0.2, 0.25) is 0 Å². The smallest absolute Gasteiger partial charge is 0.126 e. The molecule has 0 bridgehead atoms. The van der Waals surface area contributed by atoms with Gasteiger partial charge < -0.3 is 4.74 Å². The summed E-state index contributed by atoms with van der Waals surface area (Å²) in [4.78, 5) is 0. The number of ether oxygens (including phenoxy) is 1. The normalized spacial score (nSPS) is 11.1. The van der Waals surface area contributed by atoms with Crippen LogP contribution in [-0.2, 0) is 0 Å². The Balaban J connectivity index is 2.40. The molecule has 3 nitrogen and oxygen atoms in total. The number of rotatable bonds is 3. The molecule has 3 heteroatoms. The van der Waals surface area contributed by atoms with Crippen molar-refractivity contribution in [3.05, 3.63) is 52.6 Å². The van der Waals surface area contributed by atoms with Gasteiger partial charge in [0.1, 0.15) is 5.75 Å². The van der Waals surface area contributed by atoms with Crippen LogP contribution in [0.15, 0.2) is 40.6 Å². The van der Waals surface area contributed by atoms with Gasteiger partial charge in [-0.3, -0.25) is 0 Å². The average Bonchev–Trinajstić information content (AvgIpc) is 2.40. The van der Waals surface area contributed by atoms with Crippen LogP contribution in [0, 0.1) is 27.7 Å². The van der Waals surface area contributed by atoms with E-state index in [1.54, 1.807) is 7.11 Å². The topological polar surface area (TPSA) is 34.0 Å². The molecule has 0 aliphatic carbocycles. The van der Waals surface area contributed by atoms with Gasteiger partial charge in [-0.25, -0.2) is 0 Å². The van der Waals surface area contributed by atoms with Crippen LogP contribution in [0.2, 0.25) is 0 Å². The lowest BCUT2D eigenvalue weighted by Crippen LogP contribution is -1.93. The number of hydrogen-bond acceptors (Lipinski definition) is 3. The molecule has 0 radical (unpaired) electrons. The van der Waals surface area contributed by atoms with Crippen LogP contribution in [0.1, 0.15) is 22.3 Å². The van der Waals surface area contributed by atoms with Crippen LogP contribution in [-0.4, -0.2) is 7.11 Å². The standard InChI is InChI=1S/C17H20N2O/c1-11-6-8-15(9-7-11)18-19-16-12(2)10-13(3)17(20-5)14(16)4/h6-10H,1-5H3. The summed E-state index contributed by atoms with van der Waals surface area (Å²) in [5.41, 5.74) is 6.21. The largest absolute Gasteiger partial charge is 0.496 e. The van der Waals surface area contributed by atoms with Gasteiger partial charge in [0, 0.05) is 5.56 Å². The Morgan fingerprint density at radius 2 is 1.50 bits per heavy atom. The van der Waals surface area contributed by atoms with Crippen molar-refractivity contribution in [1.29, 1.82) is 0 Å². The monoisotopic (exact) mass is 268 g/mol. The van der Waals surface area contributed by atoms with Crippen molar-refractivity contribution < 1.29 is 4.74 Å². The van der Waals surface area contributed by atoms with Crippen LogP contribution < -0.4 is 4.74 Å². The summed E-state index contributed by atoms with van der Waals surface area (Å²) in [7, 11) is 1.69. The highest BCUT2D eigenvalue weighted by Gasteiger charge is 2.11. The summed E-state index contributed by atoms with van der Waals surface area (Å²) in [5, 5.41) is 8.71. The second-order valence-corrected chi connectivity index (χ2v) is 5.05. The van der Waals surface area contributed by atoms with Gasteiger partial charge >= 0.3 is 0 Å². The quantitative estimate of drug-likeness (QED) is 0.691. The van der Waals surface area contributed by atoms with Gasteiger partial charge in [-0.15, -0.1) is 5.11 Å². The number of hydrogen-bond donors (Lipinski definition) is 0. The molecule has 0 unspecified atom stereocenters. The predicted molar refractivity (Wildman–Crippen MR) is 82.6 cm³/mol. The van der Waals surface area contributed by atoms with Crippen LogP contribution in [0.5, 0.6) is 5.75 Å². The van der Waals surface area contributed by atoms with E-state index >= 15 is 0 Å². The van der Waals surface area contributed by atoms with Gasteiger partial charge in [0.25, 0.3) is 0 Å². The Morgan fingerprint density at radius 1 is 0.850 bits per heavy atom. The average molecular weight is 268 g/mol. The Labute approximate surface area is 120 Å². The molecule has 2 aromatic rings. The zero-order valence-electron chi connectivity index (χ0n) is 12.7. The molecule has 104 valence electrons. The van der Waals surface area contributed by atoms with Crippen LogP contribution in [0.3, 0.4) is 0 Å². The highest BCUT2D eigenvalue weighted by Crippen LogP contribution is 2.35. The lowest BCUT2D eigenvalue weighted by molar-refractivity contribution is 0.408. The Morgan fingerprint density at radius 3 is 2.10 bits per heavy atom. The first-order valence-electron chi connectivity index (χ1n) is 6.66. The fourth-order valence-corrected chi connectivity index (χ4v) is 2.34. The van der Waals surface area contributed by atoms with E-state index in [1.165, 1.54) is 5.56 Å². The molecule has 0 saturated carbocycles. The molecule has 0 aliphatic rings. The Kier molecular flexibility index (Phi) is 4.18. The van der Waals surface area contributed by atoms with E-state index in [0.717, 1.165) is 33.8 Å². The summed E-state index contributed by atoms with van der Waals surface area (Å²) >= 11 is 0. The Hall–Kier alpha value is -2.16.